The SMILES string of the molecule is O=C(Oc1ccc([N+](=O)[O-])cc1)OC1CCOCO1. The van der Waals surface area contributed by atoms with E-state index in [0.29, 0.717) is 13.0 Å². The van der Waals surface area contributed by atoms with Crippen LogP contribution >= 0.6 is 0 Å². The number of non-ortho nitro benzene ring substituents is 1. The van der Waals surface area contributed by atoms with Gasteiger partial charge < -0.3 is 18.9 Å². The number of rotatable bonds is 3. The van der Waals surface area contributed by atoms with Crippen molar-refractivity contribution in [2.24, 2.45) is 0 Å². The van der Waals surface area contributed by atoms with E-state index in [1.54, 1.807) is 0 Å². The summed E-state index contributed by atoms with van der Waals surface area (Å²) < 4.78 is 19.6. The number of carbonyl (C=O) groups excluding carboxylic acids is 1. The third-order valence-corrected chi connectivity index (χ3v) is 2.31. The molecule has 0 aromatic heterocycles. The molecule has 102 valence electrons. The normalized spacial score (nSPS) is 18.6. The number of hydrogen-bond acceptors (Lipinski definition) is 7. The molecule has 0 N–H and O–H groups in total. The van der Waals surface area contributed by atoms with E-state index in [9.17, 15) is 14.9 Å². The Morgan fingerprint density at radius 2 is 2.11 bits per heavy atom. The van der Waals surface area contributed by atoms with Crippen LogP contribution < -0.4 is 4.74 Å². The minimum absolute atomic E-state index is 0.0650. The molecule has 0 amide bonds. The number of carbonyl (C=O) groups is 1. The van der Waals surface area contributed by atoms with E-state index in [-0.39, 0.29) is 18.2 Å². The van der Waals surface area contributed by atoms with Crippen LogP contribution in [0.4, 0.5) is 10.5 Å². The second-order valence-electron chi connectivity index (χ2n) is 3.63. The van der Waals surface area contributed by atoms with Gasteiger partial charge in [-0.05, 0) is 12.1 Å². The third-order valence-electron chi connectivity index (χ3n) is 2.31. The molecule has 0 aliphatic carbocycles. The predicted octanol–water partition coefficient (Wildman–Crippen LogP) is 1.83. The van der Waals surface area contributed by atoms with Crippen LogP contribution in [0.3, 0.4) is 0 Å². The Hall–Kier alpha value is -2.19. The molecule has 1 fully saturated rings. The first kappa shape index (κ1) is 13.2. The molecule has 0 saturated carbocycles. The van der Waals surface area contributed by atoms with Gasteiger partial charge in [0.2, 0.25) is 6.29 Å². The van der Waals surface area contributed by atoms with E-state index >= 15 is 0 Å². The second kappa shape index (κ2) is 6.12. The van der Waals surface area contributed by atoms with Crippen molar-refractivity contribution in [1.82, 2.24) is 0 Å². The van der Waals surface area contributed by atoms with E-state index in [4.69, 9.17) is 18.9 Å². The monoisotopic (exact) mass is 269 g/mol. The summed E-state index contributed by atoms with van der Waals surface area (Å²) in [5.41, 5.74) is -0.0894. The molecular formula is C11H11NO7. The first-order valence-corrected chi connectivity index (χ1v) is 5.47. The van der Waals surface area contributed by atoms with Crippen molar-refractivity contribution in [3.63, 3.8) is 0 Å². The van der Waals surface area contributed by atoms with Gasteiger partial charge in [0.15, 0.2) is 6.79 Å². The summed E-state index contributed by atoms with van der Waals surface area (Å²) in [5.74, 6) is 0.155. The summed E-state index contributed by atoms with van der Waals surface area (Å²) in [7, 11) is 0. The highest BCUT2D eigenvalue weighted by Crippen LogP contribution is 2.18. The van der Waals surface area contributed by atoms with Gasteiger partial charge in [0.1, 0.15) is 5.75 Å². The average molecular weight is 269 g/mol. The van der Waals surface area contributed by atoms with Crippen LogP contribution in [-0.4, -0.2) is 30.8 Å². The van der Waals surface area contributed by atoms with Crippen molar-refractivity contribution >= 4 is 11.8 Å². The van der Waals surface area contributed by atoms with Gasteiger partial charge in [-0.2, -0.15) is 0 Å². The molecule has 1 unspecified atom stereocenters. The zero-order valence-electron chi connectivity index (χ0n) is 9.81. The Labute approximate surface area is 108 Å². The average Bonchev–Trinajstić information content (AvgIpc) is 2.40. The zero-order valence-corrected chi connectivity index (χ0v) is 9.81. The highest BCUT2D eigenvalue weighted by Gasteiger charge is 2.20. The molecule has 8 nitrogen and oxygen atoms in total. The molecule has 19 heavy (non-hydrogen) atoms. The van der Waals surface area contributed by atoms with Crippen LogP contribution in [0.25, 0.3) is 0 Å². The van der Waals surface area contributed by atoms with Gasteiger partial charge in [-0.25, -0.2) is 4.79 Å². The van der Waals surface area contributed by atoms with Crippen molar-refractivity contribution in [2.45, 2.75) is 12.7 Å². The quantitative estimate of drug-likeness (QED) is 0.357. The fourth-order valence-corrected chi connectivity index (χ4v) is 1.40. The van der Waals surface area contributed by atoms with Gasteiger partial charge in [-0.3, -0.25) is 10.1 Å². The first-order valence-electron chi connectivity index (χ1n) is 5.47. The maximum Gasteiger partial charge on any atom is 0.516 e. The van der Waals surface area contributed by atoms with E-state index in [0.717, 1.165) is 0 Å². The lowest BCUT2D eigenvalue weighted by Crippen LogP contribution is -2.29. The fourth-order valence-electron chi connectivity index (χ4n) is 1.40. The summed E-state index contributed by atoms with van der Waals surface area (Å²) in [6.07, 6.45) is -1.20. The Kier molecular flexibility index (Phi) is 4.26. The molecule has 2 rings (SSSR count). The lowest BCUT2D eigenvalue weighted by atomic mass is 10.3. The number of benzene rings is 1. The van der Waals surface area contributed by atoms with Crippen molar-refractivity contribution in [1.29, 1.82) is 0 Å². The summed E-state index contributed by atoms with van der Waals surface area (Å²) >= 11 is 0. The molecular weight excluding hydrogens is 258 g/mol. The Bertz CT molecular complexity index is 453. The zero-order chi connectivity index (χ0) is 13.7. The van der Waals surface area contributed by atoms with E-state index in [1.165, 1.54) is 24.3 Å². The summed E-state index contributed by atoms with van der Waals surface area (Å²) in [6.45, 7) is 0.505. The molecule has 0 bridgehead atoms. The van der Waals surface area contributed by atoms with Gasteiger partial charge >= 0.3 is 6.16 Å². The number of nitrogens with zero attached hydrogens (tertiary/aromatic N) is 1. The largest absolute Gasteiger partial charge is 0.516 e. The van der Waals surface area contributed by atoms with E-state index in [1.807, 2.05) is 0 Å². The molecule has 1 aromatic carbocycles. The van der Waals surface area contributed by atoms with Gasteiger partial charge in [0, 0.05) is 18.6 Å². The van der Waals surface area contributed by atoms with Crippen LogP contribution in [0.1, 0.15) is 6.42 Å². The molecule has 1 saturated heterocycles. The maximum absolute atomic E-state index is 11.4. The molecule has 1 aliphatic heterocycles. The van der Waals surface area contributed by atoms with Crippen molar-refractivity contribution in [3.05, 3.63) is 34.4 Å². The molecule has 1 aliphatic rings. The number of hydrogen-bond donors (Lipinski definition) is 0. The van der Waals surface area contributed by atoms with E-state index < -0.39 is 17.4 Å². The van der Waals surface area contributed by atoms with Crippen LogP contribution in [0.2, 0.25) is 0 Å². The smallest absolute Gasteiger partial charge is 0.404 e. The fraction of sp³-hybridized carbons (Fsp3) is 0.364. The van der Waals surface area contributed by atoms with E-state index in [2.05, 4.69) is 0 Å². The van der Waals surface area contributed by atoms with Gasteiger partial charge in [0.05, 0.1) is 11.5 Å². The summed E-state index contributed by atoms with van der Waals surface area (Å²) in [5, 5.41) is 10.4. The van der Waals surface area contributed by atoms with Crippen molar-refractivity contribution < 1.29 is 28.7 Å². The number of nitro benzene ring substituents is 1. The minimum atomic E-state index is -0.930. The van der Waals surface area contributed by atoms with Crippen LogP contribution in [0.5, 0.6) is 5.75 Å². The predicted molar refractivity (Wildman–Crippen MR) is 60.5 cm³/mol. The Balaban J connectivity index is 1.85. The molecule has 1 heterocycles. The van der Waals surface area contributed by atoms with Crippen molar-refractivity contribution in [2.75, 3.05) is 13.4 Å². The molecule has 0 radical (unpaired) electrons. The van der Waals surface area contributed by atoms with Gasteiger partial charge in [0.25, 0.3) is 5.69 Å². The topological polar surface area (TPSA) is 97.1 Å². The standard InChI is InChI=1S/C11H11NO7/c13-11(19-10-5-6-16-7-17-10)18-9-3-1-8(2-4-9)12(14)15/h1-4,10H,5-7H2. The summed E-state index contributed by atoms with van der Waals surface area (Å²) in [4.78, 5) is 21.3. The Morgan fingerprint density at radius 1 is 1.37 bits per heavy atom. The Morgan fingerprint density at radius 3 is 2.68 bits per heavy atom. The van der Waals surface area contributed by atoms with Crippen LogP contribution in [0, 0.1) is 10.1 Å². The molecule has 8 heteroatoms. The van der Waals surface area contributed by atoms with Crippen LogP contribution in [0.15, 0.2) is 24.3 Å². The molecule has 0 spiro atoms. The lowest BCUT2D eigenvalue weighted by Gasteiger charge is -2.21. The lowest BCUT2D eigenvalue weighted by molar-refractivity contribution is -0.384. The van der Waals surface area contributed by atoms with Gasteiger partial charge in [-0.1, -0.05) is 0 Å². The number of ether oxygens (including phenoxy) is 4. The number of nitro groups is 1. The molecule has 1 aromatic rings. The minimum Gasteiger partial charge on any atom is -0.404 e. The highest BCUT2D eigenvalue weighted by atomic mass is 16.8. The molecule has 1 atom stereocenters. The second-order valence-corrected chi connectivity index (χ2v) is 3.63. The highest BCUT2D eigenvalue weighted by molar-refractivity contribution is 5.64. The van der Waals surface area contributed by atoms with Crippen molar-refractivity contribution in [3.8, 4) is 5.75 Å². The first-order chi connectivity index (χ1) is 9.15. The van der Waals surface area contributed by atoms with Crippen LogP contribution in [-0.2, 0) is 14.2 Å². The maximum atomic E-state index is 11.4. The summed E-state index contributed by atoms with van der Waals surface area (Å²) in [6, 6.07) is 5.08. The third kappa shape index (κ3) is 3.90. The van der Waals surface area contributed by atoms with Gasteiger partial charge in [-0.15, -0.1) is 0 Å².